The molecule has 0 aliphatic carbocycles. The summed E-state index contributed by atoms with van der Waals surface area (Å²) in [5.74, 6) is 1.57. The number of aryl methyl sites for hydroxylation is 1. The van der Waals surface area contributed by atoms with Crippen molar-refractivity contribution >= 4 is 33.3 Å². The first-order chi connectivity index (χ1) is 9.63. The second-order valence-corrected chi connectivity index (χ2v) is 6.13. The second-order valence-electron chi connectivity index (χ2n) is 4.90. The highest BCUT2D eigenvalue weighted by molar-refractivity contribution is 7.18. The molecule has 2 N–H and O–H groups in total. The van der Waals surface area contributed by atoms with Crippen molar-refractivity contribution in [2.45, 2.75) is 33.2 Å². The Bertz CT molecular complexity index is 570. The van der Waals surface area contributed by atoms with Crippen molar-refractivity contribution in [2.75, 3.05) is 30.9 Å². The molecule has 1 atom stereocenters. The van der Waals surface area contributed by atoms with Gasteiger partial charge in [0.1, 0.15) is 10.6 Å². The maximum Gasteiger partial charge on any atom is 0.226 e. The van der Waals surface area contributed by atoms with Crippen molar-refractivity contribution in [3.05, 3.63) is 10.9 Å². The highest BCUT2D eigenvalue weighted by Gasteiger charge is 2.12. The first kappa shape index (κ1) is 15.0. The van der Waals surface area contributed by atoms with Gasteiger partial charge in [-0.1, -0.05) is 6.92 Å². The van der Waals surface area contributed by atoms with Crippen molar-refractivity contribution in [3.8, 4) is 0 Å². The van der Waals surface area contributed by atoms with E-state index in [4.69, 9.17) is 4.74 Å². The van der Waals surface area contributed by atoms with E-state index in [-0.39, 0.29) is 6.04 Å². The van der Waals surface area contributed by atoms with Crippen molar-refractivity contribution in [1.82, 2.24) is 9.97 Å². The van der Waals surface area contributed by atoms with Gasteiger partial charge >= 0.3 is 0 Å². The summed E-state index contributed by atoms with van der Waals surface area (Å²) in [5.41, 5.74) is 0. The van der Waals surface area contributed by atoms with Gasteiger partial charge in [0, 0.05) is 24.6 Å². The van der Waals surface area contributed by atoms with Crippen LogP contribution in [0.4, 0.5) is 11.8 Å². The lowest BCUT2D eigenvalue weighted by atomic mass is 10.3. The summed E-state index contributed by atoms with van der Waals surface area (Å²) in [6.45, 7) is 7.82. The third kappa shape index (κ3) is 3.58. The number of nitrogens with one attached hydrogen (secondary N) is 2. The van der Waals surface area contributed by atoms with E-state index >= 15 is 0 Å². The smallest absolute Gasteiger partial charge is 0.226 e. The first-order valence-electron chi connectivity index (χ1n) is 6.91. The lowest BCUT2D eigenvalue weighted by Gasteiger charge is -2.15. The SMILES string of the molecule is CCCNc1nc(NC(C)COC)c2cc(C)sc2n1. The van der Waals surface area contributed by atoms with E-state index in [0.717, 1.165) is 29.0 Å². The molecule has 0 aliphatic heterocycles. The number of hydrogen-bond donors (Lipinski definition) is 2. The monoisotopic (exact) mass is 294 g/mol. The summed E-state index contributed by atoms with van der Waals surface area (Å²) in [6, 6.07) is 2.34. The topological polar surface area (TPSA) is 59.1 Å². The van der Waals surface area contributed by atoms with Gasteiger partial charge < -0.3 is 15.4 Å². The van der Waals surface area contributed by atoms with Crippen molar-refractivity contribution in [2.24, 2.45) is 0 Å². The van der Waals surface area contributed by atoms with E-state index in [0.29, 0.717) is 12.6 Å². The largest absolute Gasteiger partial charge is 0.383 e. The minimum Gasteiger partial charge on any atom is -0.383 e. The van der Waals surface area contributed by atoms with E-state index in [1.165, 1.54) is 4.88 Å². The number of hydrogen-bond acceptors (Lipinski definition) is 6. The number of fused-ring (bicyclic) bond motifs is 1. The Morgan fingerprint density at radius 2 is 2.20 bits per heavy atom. The Morgan fingerprint density at radius 1 is 1.40 bits per heavy atom. The highest BCUT2D eigenvalue weighted by atomic mass is 32.1. The predicted molar refractivity (Wildman–Crippen MR) is 85.9 cm³/mol. The molecule has 2 aromatic rings. The molecular weight excluding hydrogens is 272 g/mol. The van der Waals surface area contributed by atoms with Gasteiger partial charge in [0.2, 0.25) is 5.95 Å². The molecule has 0 aliphatic rings. The van der Waals surface area contributed by atoms with Gasteiger partial charge in [-0.25, -0.2) is 4.98 Å². The fourth-order valence-electron chi connectivity index (χ4n) is 1.99. The molecule has 110 valence electrons. The number of thiophene rings is 1. The summed E-state index contributed by atoms with van der Waals surface area (Å²) >= 11 is 1.69. The van der Waals surface area contributed by atoms with Crippen LogP contribution in [-0.2, 0) is 4.74 Å². The van der Waals surface area contributed by atoms with Gasteiger partial charge in [-0.3, -0.25) is 0 Å². The quantitative estimate of drug-likeness (QED) is 0.820. The van der Waals surface area contributed by atoms with Crippen LogP contribution in [0.3, 0.4) is 0 Å². The molecule has 0 amide bonds. The Morgan fingerprint density at radius 3 is 2.90 bits per heavy atom. The number of rotatable bonds is 7. The van der Waals surface area contributed by atoms with E-state index in [1.807, 2.05) is 0 Å². The molecule has 0 fully saturated rings. The minimum atomic E-state index is 0.206. The first-order valence-corrected chi connectivity index (χ1v) is 7.73. The molecule has 5 nitrogen and oxygen atoms in total. The molecule has 1 unspecified atom stereocenters. The van der Waals surface area contributed by atoms with E-state index < -0.39 is 0 Å². The standard InChI is InChI=1S/C14H22N4OS/c1-5-6-15-14-17-12(16-9(2)8-19-4)11-7-10(3)20-13(11)18-14/h7,9H,5-6,8H2,1-4H3,(H2,15,16,17,18). The molecule has 2 rings (SSSR count). The Labute approximate surface area is 123 Å². The Kier molecular flexibility index (Phi) is 5.14. The zero-order valence-electron chi connectivity index (χ0n) is 12.5. The van der Waals surface area contributed by atoms with E-state index in [1.54, 1.807) is 18.4 Å². The van der Waals surface area contributed by atoms with Crippen LogP contribution in [0.1, 0.15) is 25.1 Å². The molecule has 0 radical (unpaired) electrons. The summed E-state index contributed by atoms with van der Waals surface area (Å²) in [4.78, 5) is 11.4. The summed E-state index contributed by atoms with van der Waals surface area (Å²) in [7, 11) is 1.71. The second kappa shape index (κ2) is 6.85. The van der Waals surface area contributed by atoms with Crippen LogP contribution in [0.5, 0.6) is 0 Å². The fraction of sp³-hybridized carbons (Fsp3) is 0.571. The Hall–Kier alpha value is -1.40. The van der Waals surface area contributed by atoms with Crippen LogP contribution in [0, 0.1) is 6.92 Å². The van der Waals surface area contributed by atoms with Crippen molar-refractivity contribution in [1.29, 1.82) is 0 Å². The third-order valence-corrected chi connectivity index (χ3v) is 3.79. The molecule has 20 heavy (non-hydrogen) atoms. The number of nitrogens with zero attached hydrogens (tertiary/aromatic N) is 2. The molecule has 2 heterocycles. The van der Waals surface area contributed by atoms with Crippen LogP contribution < -0.4 is 10.6 Å². The molecule has 0 aromatic carbocycles. The molecule has 2 aromatic heterocycles. The van der Waals surface area contributed by atoms with Crippen LogP contribution in [0.15, 0.2) is 6.07 Å². The lowest BCUT2D eigenvalue weighted by Crippen LogP contribution is -2.22. The van der Waals surface area contributed by atoms with Gasteiger partial charge in [-0.15, -0.1) is 11.3 Å². The van der Waals surface area contributed by atoms with Crippen molar-refractivity contribution in [3.63, 3.8) is 0 Å². The molecule has 0 saturated carbocycles. The summed E-state index contributed by atoms with van der Waals surface area (Å²) in [5, 5.41) is 7.74. The number of ether oxygens (including phenoxy) is 1. The zero-order chi connectivity index (χ0) is 14.5. The van der Waals surface area contributed by atoms with Crippen molar-refractivity contribution < 1.29 is 4.74 Å². The number of anilines is 2. The van der Waals surface area contributed by atoms with Gasteiger partial charge in [0.05, 0.1) is 12.0 Å². The summed E-state index contributed by atoms with van der Waals surface area (Å²) in [6.07, 6.45) is 1.05. The average molecular weight is 294 g/mol. The maximum atomic E-state index is 5.17. The molecule has 0 bridgehead atoms. The number of aromatic nitrogens is 2. The lowest BCUT2D eigenvalue weighted by molar-refractivity contribution is 0.190. The van der Waals surface area contributed by atoms with Gasteiger partial charge in [-0.2, -0.15) is 4.98 Å². The average Bonchev–Trinajstić information content (AvgIpc) is 2.77. The minimum absolute atomic E-state index is 0.206. The molecule has 0 spiro atoms. The molecule has 0 saturated heterocycles. The molecular formula is C14H22N4OS. The normalized spacial score (nSPS) is 12.6. The fourth-order valence-corrected chi connectivity index (χ4v) is 2.87. The van der Waals surface area contributed by atoms with E-state index in [2.05, 4.69) is 47.4 Å². The van der Waals surface area contributed by atoms with Gasteiger partial charge in [0.15, 0.2) is 0 Å². The van der Waals surface area contributed by atoms with Crippen LogP contribution in [0.2, 0.25) is 0 Å². The predicted octanol–water partition coefficient (Wildman–Crippen LogP) is 3.27. The third-order valence-electron chi connectivity index (χ3n) is 2.85. The molecule has 6 heteroatoms. The van der Waals surface area contributed by atoms with Crippen LogP contribution in [-0.4, -0.2) is 36.3 Å². The zero-order valence-corrected chi connectivity index (χ0v) is 13.3. The number of methoxy groups -OCH3 is 1. The summed E-state index contributed by atoms with van der Waals surface area (Å²) < 4.78 is 5.17. The van der Waals surface area contributed by atoms with Gasteiger partial charge in [0.25, 0.3) is 0 Å². The van der Waals surface area contributed by atoms with Gasteiger partial charge in [-0.05, 0) is 26.3 Å². The Balaban J connectivity index is 2.33. The van der Waals surface area contributed by atoms with Crippen LogP contribution in [0.25, 0.3) is 10.2 Å². The van der Waals surface area contributed by atoms with Crippen LogP contribution >= 0.6 is 11.3 Å². The maximum absolute atomic E-state index is 5.17. The van der Waals surface area contributed by atoms with E-state index in [9.17, 15) is 0 Å². The highest BCUT2D eigenvalue weighted by Crippen LogP contribution is 2.29.